The van der Waals surface area contributed by atoms with Gasteiger partial charge in [0.1, 0.15) is 5.82 Å². The van der Waals surface area contributed by atoms with E-state index in [1.807, 2.05) is 6.92 Å². The summed E-state index contributed by atoms with van der Waals surface area (Å²) in [6, 6.07) is 2.18. The van der Waals surface area contributed by atoms with Gasteiger partial charge in [-0.2, -0.15) is 0 Å². The van der Waals surface area contributed by atoms with Crippen molar-refractivity contribution in [2.45, 2.75) is 39.0 Å². The molecule has 0 radical (unpaired) electrons. The van der Waals surface area contributed by atoms with Crippen LogP contribution in [-0.4, -0.2) is 23.1 Å². The molecule has 0 aromatic carbocycles. The molecule has 1 aromatic rings. The van der Waals surface area contributed by atoms with Crippen molar-refractivity contribution >= 4 is 0 Å². The summed E-state index contributed by atoms with van der Waals surface area (Å²) in [4.78, 5) is 8.99. The van der Waals surface area contributed by atoms with Gasteiger partial charge in [-0.05, 0) is 45.3 Å². The van der Waals surface area contributed by atoms with Crippen molar-refractivity contribution in [2.75, 3.05) is 13.1 Å². The maximum absolute atomic E-state index is 4.57. The maximum Gasteiger partial charge on any atom is 0.125 e. The van der Waals surface area contributed by atoms with Crippen LogP contribution in [0.15, 0.2) is 6.07 Å². The van der Waals surface area contributed by atoms with E-state index in [4.69, 9.17) is 0 Å². The van der Waals surface area contributed by atoms with Gasteiger partial charge in [-0.15, -0.1) is 0 Å². The van der Waals surface area contributed by atoms with E-state index in [0.29, 0.717) is 5.92 Å². The van der Waals surface area contributed by atoms with Crippen molar-refractivity contribution in [3.8, 4) is 0 Å². The van der Waals surface area contributed by atoms with Crippen LogP contribution in [0.4, 0.5) is 0 Å². The molecule has 15 heavy (non-hydrogen) atoms. The lowest BCUT2D eigenvalue weighted by Gasteiger charge is -2.22. The van der Waals surface area contributed by atoms with Gasteiger partial charge in [0.25, 0.3) is 0 Å². The second kappa shape index (κ2) is 4.71. The van der Waals surface area contributed by atoms with E-state index in [1.165, 1.54) is 24.2 Å². The molecule has 0 amide bonds. The molecule has 0 unspecified atom stereocenters. The highest BCUT2D eigenvalue weighted by Crippen LogP contribution is 2.23. The van der Waals surface area contributed by atoms with Crippen molar-refractivity contribution in [2.24, 2.45) is 0 Å². The van der Waals surface area contributed by atoms with E-state index in [1.54, 1.807) is 0 Å². The Kier molecular flexibility index (Phi) is 3.31. The number of nitrogens with one attached hydrogen (secondary N) is 1. The topological polar surface area (TPSA) is 37.8 Å². The smallest absolute Gasteiger partial charge is 0.125 e. The zero-order chi connectivity index (χ0) is 10.7. The van der Waals surface area contributed by atoms with Gasteiger partial charge < -0.3 is 5.32 Å². The van der Waals surface area contributed by atoms with Crippen LogP contribution >= 0.6 is 0 Å². The molecular formula is C12H19N3. The van der Waals surface area contributed by atoms with Gasteiger partial charge in [0, 0.05) is 17.3 Å². The lowest BCUT2D eigenvalue weighted by molar-refractivity contribution is 0.451. The van der Waals surface area contributed by atoms with Gasteiger partial charge in [-0.25, -0.2) is 9.97 Å². The molecule has 0 saturated carbocycles. The van der Waals surface area contributed by atoms with Crippen LogP contribution in [0, 0.1) is 6.92 Å². The van der Waals surface area contributed by atoms with Crippen molar-refractivity contribution in [1.82, 2.24) is 15.3 Å². The number of rotatable bonds is 2. The summed E-state index contributed by atoms with van der Waals surface area (Å²) in [5, 5.41) is 3.38. The number of hydrogen-bond donors (Lipinski definition) is 1. The second-order valence-electron chi connectivity index (χ2n) is 4.21. The SMILES string of the molecule is CCc1cc(C2CCNCC2)nc(C)n1. The minimum Gasteiger partial charge on any atom is -0.317 e. The number of nitrogens with zero attached hydrogens (tertiary/aromatic N) is 2. The van der Waals surface area contributed by atoms with Crippen LogP contribution < -0.4 is 5.32 Å². The molecule has 3 heteroatoms. The van der Waals surface area contributed by atoms with Gasteiger partial charge >= 0.3 is 0 Å². The Labute approximate surface area is 91.3 Å². The zero-order valence-corrected chi connectivity index (χ0v) is 9.58. The molecule has 0 spiro atoms. The van der Waals surface area contributed by atoms with E-state index in [9.17, 15) is 0 Å². The van der Waals surface area contributed by atoms with Crippen molar-refractivity contribution < 1.29 is 0 Å². The Morgan fingerprint density at radius 1 is 1.33 bits per heavy atom. The Bertz CT molecular complexity index is 330. The van der Waals surface area contributed by atoms with Gasteiger partial charge in [0.15, 0.2) is 0 Å². The Balaban J connectivity index is 2.22. The van der Waals surface area contributed by atoms with Crippen LogP contribution in [0.2, 0.25) is 0 Å². The van der Waals surface area contributed by atoms with Gasteiger partial charge in [0.2, 0.25) is 0 Å². The third kappa shape index (κ3) is 2.53. The number of aryl methyl sites for hydroxylation is 2. The first-order valence-electron chi connectivity index (χ1n) is 5.84. The van der Waals surface area contributed by atoms with E-state index in [-0.39, 0.29) is 0 Å². The van der Waals surface area contributed by atoms with Crippen LogP contribution in [0.1, 0.15) is 42.9 Å². The molecule has 0 bridgehead atoms. The maximum atomic E-state index is 4.57. The third-order valence-electron chi connectivity index (χ3n) is 3.03. The Hall–Kier alpha value is -0.960. The number of piperidine rings is 1. The highest BCUT2D eigenvalue weighted by atomic mass is 14.9. The lowest BCUT2D eigenvalue weighted by atomic mass is 9.94. The summed E-state index contributed by atoms with van der Waals surface area (Å²) < 4.78 is 0. The molecule has 0 aliphatic carbocycles. The minimum absolute atomic E-state index is 0.637. The summed E-state index contributed by atoms with van der Waals surface area (Å²) in [5.41, 5.74) is 2.43. The van der Waals surface area contributed by atoms with Crippen LogP contribution in [0.25, 0.3) is 0 Å². The first-order chi connectivity index (χ1) is 7.29. The van der Waals surface area contributed by atoms with E-state index in [2.05, 4.69) is 28.3 Å². The zero-order valence-electron chi connectivity index (χ0n) is 9.58. The molecule has 2 rings (SSSR count). The average molecular weight is 205 g/mol. The molecule has 3 nitrogen and oxygen atoms in total. The predicted molar refractivity (Wildman–Crippen MR) is 61.0 cm³/mol. The normalized spacial score (nSPS) is 18.0. The number of aromatic nitrogens is 2. The molecular weight excluding hydrogens is 186 g/mol. The second-order valence-corrected chi connectivity index (χ2v) is 4.21. The lowest BCUT2D eigenvalue weighted by Crippen LogP contribution is -2.27. The van der Waals surface area contributed by atoms with E-state index in [0.717, 1.165) is 25.3 Å². The molecule has 1 N–H and O–H groups in total. The van der Waals surface area contributed by atoms with Gasteiger partial charge in [-0.3, -0.25) is 0 Å². The largest absolute Gasteiger partial charge is 0.317 e. The highest BCUT2D eigenvalue weighted by Gasteiger charge is 2.17. The molecule has 82 valence electrons. The fourth-order valence-corrected chi connectivity index (χ4v) is 2.16. The standard InChI is InChI=1S/C12H19N3/c1-3-11-8-12(15-9(2)14-11)10-4-6-13-7-5-10/h8,10,13H,3-7H2,1-2H3. The van der Waals surface area contributed by atoms with Crippen molar-refractivity contribution in [3.63, 3.8) is 0 Å². The highest BCUT2D eigenvalue weighted by molar-refractivity contribution is 5.15. The van der Waals surface area contributed by atoms with Crippen molar-refractivity contribution in [1.29, 1.82) is 0 Å². The summed E-state index contributed by atoms with van der Waals surface area (Å²) in [6.07, 6.45) is 3.42. The molecule has 1 saturated heterocycles. The Morgan fingerprint density at radius 3 is 2.73 bits per heavy atom. The molecule has 1 fully saturated rings. The van der Waals surface area contributed by atoms with E-state index >= 15 is 0 Å². The summed E-state index contributed by atoms with van der Waals surface area (Å²) in [7, 11) is 0. The van der Waals surface area contributed by atoms with E-state index < -0.39 is 0 Å². The molecule has 0 atom stereocenters. The van der Waals surface area contributed by atoms with Crippen LogP contribution in [0.5, 0.6) is 0 Å². The summed E-state index contributed by atoms with van der Waals surface area (Å²) >= 11 is 0. The predicted octanol–water partition coefficient (Wildman–Crippen LogP) is 1.81. The molecule has 2 heterocycles. The Morgan fingerprint density at radius 2 is 2.07 bits per heavy atom. The fourth-order valence-electron chi connectivity index (χ4n) is 2.16. The van der Waals surface area contributed by atoms with Crippen LogP contribution in [-0.2, 0) is 6.42 Å². The summed E-state index contributed by atoms with van der Waals surface area (Å²) in [5.74, 6) is 1.56. The quantitative estimate of drug-likeness (QED) is 0.800. The number of hydrogen-bond acceptors (Lipinski definition) is 3. The molecule has 1 aliphatic heterocycles. The fraction of sp³-hybridized carbons (Fsp3) is 0.667. The van der Waals surface area contributed by atoms with Gasteiger partial charge in [0.05, 0.1) is 0 Å². The first kappa shape index (κ1) is 10.6. The van der Waals surface area contributed by atoms with Crippen molar-refractivity contribution in [3.05, 3.63) is 23.3 Å². The monoisotopic (exact) mass is 205 g/mol. The van der Waals surface area contributed by atoms with Gasteiger partial charge in [-0.1, -0.05) is 6.92 Å². The third-order valence-corrected chi connectivity index (χ3v) is 3.03. The average Bonchev–Trinajstić information content (AvgIpc) is 2.29. The van der Waals surface area contributed by atoms with Crippen LogP contribution in [0.3, 0.4) is 0 Å². The first-order valence-corrected chi connectivity index (χ1v) is 5.84. The minimum atomic E-state index is 0.637. The molecule has 1 aromatic heterocycles. The summed E-state index contributed by atoms with van der Waals surface area (Å²) in [6.45, 7) is 6.38. The molecule has 1 aliphatic rings.